The lowest BCUT2D eigenvalue weighted by Crippen LogP contribution is -2.49. The zero-order valence-corrected chi connectivity index (χ0v) is 16.1. The standard InChI is InChI=1S/C19H25N3O3S/c1-12-8-13(2)10-21(9-12)16(23)11-22-17(24)19(20-18(22)25)6-3-4-15-14(19)5-7-26-15/h5,7,12-13H,3-4,6,8-11H2,1-2H3,(H,20,25)/t12-,13-,19-/m0/s1. The molecule has 1 aromatic heterocycles. The fraction of sp³-hybridized carbons (Fsp3) is 0.632. The number of piperidine rings is 1. The molecule has 6 nitrogen and oxygen atoms in total. The highest BCUT2D eigenvalue weighted by Gasteiger charge is 2.54. The van der Waals surface area contributed by atoms with Crippen LogP contribution in [0, 0.1) is 11.8 Å². The minimum atomic E-state index is -0.965. The summed E-state index contributed by atoms with van der Waals surface area (Å²) in [4.78, 5) is 42.6. The summed E-state index contributed by atoms with van der Waals surface area (Å²) in [5.74, 6) is 0.492. The number of imide groups is 1. The van der Waals surface area contributed by atoms with E-state index in [1.807, 2.05) is 11.4 Å². The van der Waals surface area contributed by atoms with Crippen molar-refractivity contribution in [3.8, 4) is 0 Å². The molecule has 3 aliphatic rings. The second-order valence-corrected chi connectivity index (χ2v) is 9.08. The van der Waals surface area contributed by atoms with Gasteiger partial charge in [0.25, 0.3) is 5.91 Å². The number of rotatable bonds is 2. The van der Waals surface area contributed by atoms with Crippen LogP contribution in [0.25, 0.3) is 0 Å². The van der Waals surface area contributed by atoms with E-state index in [0.717, 1.165) is 34.6 Å². The van der Waals surface area contributed by atoms with Crippen LogP contribution in [0.15, 0.2) is 11.4 Å². The van der Waals surface area contributed by atoms with E-state index in [9.17, 15) is 14.4 Å². The van der Waals surface area contributed by atoms with Crippen molar-refractivity contribution in [3.63, 3.8) is 0 Å². The van der Waals surface area contributed by atoms with Crippen LogP contribution in [0.5, 0.6) is 0 Å². The van der Waals surface area contributed by atoms with Crippen LogP contribution in [0.4, 0.5) is 4.79 Å². The maximum Gasteiger partial charge on any atom is 0.325 e. The lowest BCUT2D eigenvalue weighted by molar-refractivity contribution is -0.140. The summed E-state index contributed by atoms with van der Waals surface area (Å²) < 4.78 is 0. The molecule has 1 spiro atoms. The summed E-state index contributed by atoms with van der Waals surface area (Å²) >= 11 is 1.63. The summed E-state index contributed by atoms with van der Waals surface area (Å²) in [6, 6.07) is 1.50. The van der Waals surface area contributed by atoms with Crippen LogP contribution in [0.1, 0.15) is 43.6 Å². The number of hydrogen-bond acceptors (Lipinski definition) is 4. The van der Waals surface area contributed by atoms with Gasteiger partial charge >= 0.3 is 6.03 Å². The maximum atomic E-state index is 13.2. The Kier molecular flexibility index (Phi) is 4.29. The van der Waals surface area contributed by atoms with Crippen molar-refractivity contribution in [2.24, 2.45) is 11.8 Å². The first-order valence-corrected chi connectivity index (χ1v) is 10.3. The highest BCUT2D eigenvalue weighted by Crippen LogP contribution is 2.42. The molecule has 4 rings (SSSR count). The number of nitrogens with one attached hydrogen (secondary N) is 1. The Hall–Kier alpha value is -1.89. The Morgan fingerprint density at radius 3 is 2.77 bits per heavy atom. The minimum absolute atomic E-state index is 0.134. The van der Waals surface area contributed by atoms with Gasteiger partial charge in [-0.3, -0.25) is 14.5 Å². The number of aryl methyl sites for hydroxylation is 1. The molecule has 7 heteroatoms. The highest BCUT2D eigenvalue weighted by molar-refractivity contribution is 7.10. The Morgan fingerprint density at radius 2 is 2.04 bits per heavy atom. The number of carbonyl (C=O) groups excluding carboxylic acids is 3. The normalized spacial score (nSPS) is 31.3. The van der Waals surface area contributed by atoms with Gasteiger partial charge in [0.05, 0.1) is 0 Å². The van der Waals surface area contributed by atoms with Crippen LogP contribution < -0.4 is 5.32 Å². The molecule has 0 unspecified atom stereocenters. The Balaban J connectivity index is 1.53. The smallest absolute Gasteiger partial charge is 0.325 e. The molecule has 2 fully saturated rings. The molecule has 0 bridgehead atoms. The average molecular weight is 375 g/mol. The number of amides is 4. The van der Waals surface area contributed by atoms with Crippen LogP contribution in [-0.4, -0.2) is 47.3 Å². The van der Waals surface area contributed by atoms with E-state index in [-0.39, 0.29) is 18.4 Å². The third-order valence-corrected chi connectivity index (χ3v) is 6.83. The van der Waals surface area contributed by atoms with Crippen molar-refractivity contribution in [2.75, 3.05) is 19.6 Å². The Labute approximate surface area is 157 Å². The van der Waals surface area contributed by atoms with Gasteiger partial charge in [0, 0.05) is 23.5 Å². The van der Waals surface area contributed by atoms with Crippen LogP contribution >= 0.6 is 11.3 Å². The Bertz CT molecular complexity index is 751. The zero-order chi connectivity index (χ0) is 18.5. The lowest BCUT2D eigenvalue weighted by Gasteiger charge is -2.35. The molecule has 0 radical (unpaired) electrons. The first kappa shape index (κ1) is 17.5. The molecular weight excluding hydrogens is 350 g/mol. The summed E-state index contributed by atoms with van der Waals surface area (Å²) in [5, 5.41) is 4.88. The minimum Gasteiger partial charge on any atom is -0.341 e. The van der Waals surface area contributed by atoms with E-state index >= 15 is 0 Å². The number of thiophene rings is 1. The maximum absolute atomic E-state index is 13.2. The lowest BCUT2D eigenvalue weighted by atomic mass is 9.80. The third-order valence-electron chi connectivity index (χ3n) is 5.85. The van der Waals surface area contributed by atoms with Crippen molar-refractivity contribution in [1.82, 2.24) is 15.1 Å². The van der Waals surface area contributed by atoms with Crippen molar-refractivity contribution in [1.29, 1.82) is 0 Å². The van der Waals surface area contributed by atoms with Gasteiger partial charge in [0.2, 0.25) is 5.91 Å². The zero-order valence-electron chi connectivity index (χ0n) is 15.3. The van der Waals surface area contributed by atoms with Gasteiger partial charge < -0.3 is 10.2 Å². The molecule has 1 aromatic rings. The monoisotopic (exact) mass is 375 g/mol. The molecule has 3 heterocycles. The molecule has 1 aliphatic carbocycles. The van der Waals surface area contributed by atoms with Gasteiger partial charge in [-0.15, -0.1) is 11.3 Å². The molecule has 140 valence electrons. The van der Waals surface area contributed by atoms with E-state index < -0.39 is 11.6 Å². The van der Waals surface area contributed by atoms with Crippen molar-refractivity contribution in [3.05, 3.63) is 21.9 Å². The summed E-state index contributed by atoms with van der Waals surface area (Å²) in [5.41, 5.74) is -0.0461. The molecule has 0 saturated carbocycles. The van der Waals surface area contributed by atoms with E-state index in [1.165, 1.54) is 0 Å². The number of urea groups is 1. The van der Waals surface area contributed by atoms with Crippen molar-refractivity contribution >= 4 is 29.2 Å². The van der Waals surface area contributed by atoms with Gasteiger partial charge in [0.1, 0.15) is 12.1 Å². The summed E-state index contributed by atoms with van der Waals surface area (Å²) in [6.07, 6.45) is 3.52. The summed E-state index contributed by atoms with van der Waals surface area (Å²) in [7, 11) is 0. The van der Waals surface area contributed by atoms with Gasteiger partial charge in [-0.25, -0.2) is 4.79 Å². The second kappa shape index (κ2) is 6.37. The largest absolute Gasteiger partial charge is 0.341 e. The highest BCUT2D eigenvalue weighted by atomic mass is 32.1. The Morgan fingerprint density at radius 1 is 1.31 bits per heavy atom. The van der Waals surface area contributed by atoms with E-state index in [1.54, 1.807) is 16.2 Å². The second-order valence-electron chi connectivity index (χ2n) is 8.08. The summed E-state index contributed by atoms with van der Waals surface area (Å²) in [6.45, 7) is 5.52. The SMILES string of the molecule is C[C@H]1C[C@H](C)CN(C(=O)CN2C(=O)N[C@]3(CCCc4sccc43)C2=O)C1. The van der Waals surface area contributed by atoms with Crippen LogP contribution in [0.3, 0.4) is 0 Å². The molecule has 0 aromatic carbocycles. The molecule has 2 saturated heterocycles. The van der Waals surface area contributed by atoms with E-state index in [2.05, 4.69) is 19.2 Å². The van der Waals surface area contributed by atoms with E-state index in [0.29, 0.717) is 31.3 Å². The quantitative estimate of drug-likeness (QED) is 0.807. The molecule has 3 atom stereocenters. The third kappa shape index (κ3) is 2.73. The number of nitrogens with zero attached hydrogens (tertiary/aromatic N) is 2. The molecular formula is C19H25N3O3S. The van der Waals surface area contributed by atoms with E-state index in [4.69, 9.17) is 0 Å². The van der Waals surface area contributed by atoms with Gasteiger partial charge in [-0.05, 0) is 49.0 Å². The number of likely N-dealkylation sites (tertiary alicyclic amines) is 1. The number of fused-ring (bicyclic) bond motifs is 2. The molecule has 1 N–H and O–H groups in total. The van der Waals surface area contributed by atoms with Crippen molar-refractivity contribution < 1.29 is 14.4 Å². The van der Waals surface area contributed by atoms with Gasteiger partial charge in [0.15, 0.2) is 0 Å². The first-order valence-electron chi connectivity index (χ1n) is 9.39. The van der Waals surface area contributed by atoms with Gasteiger partial charge in [-0.2, -0.15) is 0 Å². The van der Waals surface area contributed by atoms with Gasteiger partial charge in [-0.1, -0.05) is 13.8 Å². The molecule has 4 amide bonds. The first-order chi connectivity index (χ1) is 12.4. The molecule has 2 aliphatic heterocycles. The van der Waals surface area contributed by atoms with Crippen LogP contribution in [-0.2, 0) is 21.5 Å². The predicted octanol–water partition coefficient (Wildman–Crippen LogP) is 2.34. The molecule has 26 heavy (non-hydrogen) atoms. The fourth-order valence-electron chi connectivity index (χ4n) is 4.79. The number of carbonyl (C=O) groups is 3. The number of hydrogen-bond donors (Lipinski definition) is 1. The topological polar surface area (TPSA) is 69.7 Å². The fourth-order valence-corrected chi connectivity index (χ4v) is 5.79. The van der Waals surface area contributed by atoms with Crippen molar-refractivity contribution in [2.45, 2.75) is 45.1 Å². The average Bonchev–Trinajstić information content (AvgIpc) is 3.15. The predicted molar refractivity (Wildman–Crippen MR) is 98.7 cm³/mol. The van der Waals surface area contributed by atoms with Crippen LogP contribution in [0.2, 0.25) is 0 Å².